The summed E-state index contributed by atoms with van der Waals surface area (Å²) in [6.07, 6.45) is 3.98. The van der Waals surface area contributed by atoms with E-state index < -0.39 is 5.97 Å². The van der Waals surface area contributed by atoms with Gasteiger partial charge in [0.25, 0.3) is 0 Å². The third-order valence-corrected chi connectivity index (χ3v) is 3.82. The molecule has 1 aliphatic carbocycles. The molecule has 0 amide bonds. The molecule has 0 aliphatic heterocycles. The Kier molecular flexibility index (Phi) is 2.33. The Balaban J connectivity index is 2.13. The van der Waals surface area contributed by atoms with Gasteiger partial charge in [0.05, 0.1) is 19.0 Å². The third-order valence-electron chi connectivity index (χ3n) is 3.82. The first kappa shape index (κ1) is 11.1. The summed E-state index contributed by atoms with van der Waals surface area (Å²) < 4.78 is 5.31. The SMILES string of the molecule is COc1ccc(C2(CC(=O)O)CC2)c2cc[nH]c12. The maximum Gasteiger partial charge on any atom is 0.304 e. The lowest BCUT2D eigenvalue weighted by Gasteiger charge is -2.15. The Hall–Kier alpha value is -1.97. The van der Waals surface area contributed by atoms with Gasteiger partial charge in [-0.25, -0.2) is 0 Å². The molecule has 0 saturated heterocycles. The van der Waals surface area contributed by atoms with Gasteiger partial charge < -0.3 is 14.8 Å². The van der Waals surface area contributed by atoms with Gasteiger partial charge in [-0.05, 0) is 30.5 Å². The summed E-state index contributed by atoms with van der Waals surface area (Å²) in [6.45, 7) is 0. The van der Waals surface area contributed by atoms with Gasteiger partial charge in [-0.2, -0.15) is 0 Å². The summed E-state index contributed by atoms with van der Waals surface area (Å²) in [5.74, 6) is 0.0666. The van der Waals surface area contributed by atoms with Gasteiger partial charge in [-0.15, -0.1) is 0 Å². The van der Waals surface area contributed by atoms with E-state index in [1.165, 1.54) is 0 Å². The van der Waals surface area contributed by atoms with Gasteiger partial charge in [0.2, 0.25) is 0 Å². The minimum Gasteiger partial charge on any atom is -0.495 e. The number of ether oxygens (including phenoxy) is 1. The number of hydrogen-bond acceptors (Lipinski definition) is 2. The molecule has 18 heavy (non-hydrogen) atoms. The quantitative estimate of drug-likeness (QED) is 0.870. The van der Waals surface area contributed by atoms with Crippen molar-refractivity contribution in [2.24, 2.45) is 0 Å². The van der Waals surface area contributed by atoms with Crippen molar-refractivity contribution in [2.75, 3.05) is 7.11 Å². The maximum atomic E-state index is 11.0. The number of carboxylic acids is 1. The number of hydrogen-bond donors (Lipinski definition) is 2. The average molecular weight is 245 g/mol. The number of carboxylic acid groups (broad SMARTS) is 1. The molecular formula is C14H15NO3. The van der Waals surface area contributed by atoms with Crippen LogP contribution >= 0.6 is 0 Å². The molecule has 4 heteroatoms. The second kappa shape index (κ2) is 3.77. The van der Waals surface area contributed by atoms with E-state index in [4.69, 9.17) is 9.84 Å². The lowest BCUT2D eigenvalue weighted by atomic mass is 9.89. The minimum absolute atomic E-state index is 0.168. The summed E-state index contributed by atoms with van der Waals surface area (Å²) in [5.41, 5.74) is 1.91. The normalized spacial score (nSPS) is 16.7. The third kappa shape index (κ3) is 1.56. The van der Waals surface area contributed by atoms with Gasteiger partial charge in [0.1, 0.15) is 5.75 Å². The van der Waals surface area contributed by atoms with Gasteiger partial charge in [0.15, 0.2) is 0 Å². The second-order valence-electron chi connectivity index (χ2n) is 4.93. The number of fused-ring (bicyclic) bond motifs is 1. The molecule has 0 unspecified atom stereocenters. The van der Waals surface area contributed by atoms with Gasteiger partial charge >= 0.3 is 5.97 Å². The molecule has 0 atom stereocenters. The number of H-pyrrole nitrogens is 1. The summed E-state index contributed by atoms with van der Waals surface area (Å²) in [5, 5.41) is 10.1. The van der Waals surface area contributed by atoms with Crippen molar-refractivity contribution in [3.05, 3.63) is 30.0 Å². The molecule has 1 aliphatic rings. The number of nitrogens with one attached hydrogen (secondary N) is 1. The van der Waals surface area contributed by atoms with Gasteiger partial charge in [-0.1, -0.05) is 6.07 Å². The molecule has 0 radical (unpaired) electrons. The Morgan fingerprint density at radius 2 is 2.22 bits per heavy atom. The molecule has 0 spiro atoms. The Bertz CT molecular complexity index is 611. The van der Waals surface area contributed by atoms with E-state index in [2.05, 4.69) is 4.98 Å². The predicted octanol–water partition coefficient (Wildman–Crippen LogP) is 2.68. The highest BCUT2D eigenvalue weighted by molar-refractivity contribution is 5.90. The molecular weight excluding hydrogens is 230 g/mol. The first-order valence-electron chi connectivity index (χ1n) is 6.03. The van der Waals surface area contributed by atoms with Crippen LogP contribution in [0.25, 0.3) is 10.9 Å². The zero-order valence-electron chi connectivity index (χ0n) is 10.2. The van der Waals surface area contributed by atoms with E-state index in [1.54, 1.807) is 7.11 Å². The minimum atomic E-state index is -0.730. The number of rotatable bonds is 4. The van der Waals surface area contributed by atoms with Crippen molar-refractivity contribution in [1.29, 1.82) is 0 Å². The van der Waals surface area contributed by atoms with E-state index in [0.717, 1.165) is 35.1 Å². The van der Waals surface area contributed by atoms with Crippen LogP contribution in [0.1, 0.15) is 24.8 Å². The number of benzene rings is 1. The summed E-state index contributed by atoms with van der Waals surface area (Å²) in [6, 6.07) is 5.91. The topological polar surface area (TPSA) is 62.3 Å². The Morgan fingerprint density at radius 3 is 2.83 bits per heavy atom. The monoisotopic (exact) mass is 245 g/mol. The van der Waals surface area contributed by atoms with E-state index >= 15 is 0 Å². The van der Waals surface area contributed by atoms with Gasteiger partial charge in [-0.3, -0.25) is 4.79 Å². The van der Waals surface area contributed by atoms with Crippen LogP contribution in [-0.4, -0.2) is 23.2 Å². The van der Waals surface area contributed by atoms with Crippen molar-refractivity contribution in [3.8, 4) is 5.75 Å². The molecule has 4 nitrogen and oxygen atoms in total. The number of aromatic nitrogens is 1. The molecule has 1 fully saturated rings. The Labute approximate surface area is 105 Å². The van der Waals surface area contributed by atoms with Crippen LogP contribution in [0.15, 0.2) is 24.4 Å². The smallest absolute Gasteiger partial charge is 0.304 e. The second-order valence-corrected chi connectivity index (χ2v) is 4.93. The number of carbonyl (C=O) groups is 1. The fraction of sp³-hybridized carbons (Fsp3) is 0.357. The highest BCUT2D eigenvalue weighted by atomic mass is 16.5. The van der Waals surface area contributed by atoms with Crippen LogP contribution < -0.4 is 4.74 Å². The first-order chi connectivity index (χ1) is 8.66. The number of methoxy groups -OCH3 is 1. The van der Waals surface area contributed by atoms with Crippen LogP contribution in [0, 0.1) is 0 Å². The molecule has 1 saturated carbocycles. The highest BCUT2D eigenvalue weighted by Gasteiger charge is 2.47. The maximum absolute atomic E-state index is 11.0. The molecule has 0 bridgehead atoms. The predicted molar refractivity (Wildman–Crippen MR) is 68.0 cm³/mol. The van der Waals surface area contributed by atoms with Crippen molar-refractivity contribution < 1.29 is 14.6 Å². The van der Waals surface area contributed by atoms with Crippen molar-refractivity contribution in [2.45, 2.75) is 24.7 Å². The number of aliphatic carboxylic acids is 1. The lowest BCUT2D eigenvalue weighted by molar-refractivity contribution is -0.137. The first-order valence-corrected chi connectivity index (χ1v) is 6.03. The molecule has 1 aromatic heterocycles. The molecule has 1 aromatic carbocycles. The zero-order chi connectivity index (χ0) is 12.8. The molecule has 94 valence electrons. The van der Waals surface area contributed by atoms with E-state index in [1.807, 2.05) is 24.4 Å². The molecule has 2 N–H and O–H groups in total. The van der Waals surface area contributed by atoms with E-state index in [0.29, 0.717) is 0 Å². The average Bonchev–Trinajstić information content (AvgIpc) is 2.92. The zero-order valence-corrected chi connectivity index (χ0v) is 10.2. The van der Waals surface area contributed by atoms with Crippen LogP contribution in [-0.2, 0) is 10.2 Å². The van der Waals surface area contributed by atoms with E-state index in [-0.39, 0.29) is 11.8 Å². The highest BCUT2D eigenvalue weighted by Crippen LogP contribution is 2.53. The lowest BCUT2D eigenvalue weighted by Crippen LogP contribution is -2.13. The van der Waals surface area contributed by atoms with Gasteiger partial charge in [0, 0.05) is 17.0 Å². The van der Waals surface area contributed by atoms with Crippen molar-refractivity contribution in [3.63, 3.8) is 0 Å². The standard InChI is InChI=1S/C14H15NO3/c1-18-11-3-2-10(9-4-7-15-13(9)11)14(5-6-14)8-12(16)17/h2-4,7,15H,5-6,8H2,1H3,(H,16,17). The largest absolute Gasteiger partial charge is 0.495 e. The fourth-order valence-electron chi connectivity index (χ4n) is 2.74. The van der Waals surface area contributed by atoms with E-state index in [9.17, 15) is 4.79 Å². The van der Waals surface area contributed by atoms with Crippen LogP contribution in [0.2, 0.25) is 0 Å². The number of aromatic amines is 1. The van der Waals surface area contributed by atoms with Crippen LogP contribution in [0.4, 0.5) is 0 Å². The van der Waals surface area contributed by atoms with Crippen LogP contribution in [0.3, 0.4) is 0 Å². The summed E-state index contributed by atoms with van der Waals surface area (Å²) in [4.78, 5) is 14.2. The van der Waals surface area contributed by atoms with Crippen LogP contribution in [0.5, 0.6) is 5.75 Å². The van der Waals surface area contributed by atoms with Crippen molar-refractivity contribution in [1.82, 2.24) is 4.98 Å². The fourth-order valence-corrected chi connectivity index (χ4v) is 2.74. The molecule has 2 aromatic rings. The molecule has 3 rings (SSSR count). The summed E-state index contributed by atoms with van der Waals surface area (Å²) >= 11 is 0. The Morgan fingerprint density at radius 1 is 1.44 bits per heavy atom. The van der Waals surface area contributed by atoms with Crippen molar-refractivity contribution >= 4 is 16.9 Å². The summed E-state index contributed by atoms with van der Waals surface area (Å²) in [7, 11) is 1.64. The molecule has 1 heterocycles.